The molecule has 36 heteroatoms. The lowest BCUT2D eigenvalue weighted by Gasteiger charge is -2.12. The number of methoxy groups -OCH3 is 2. The van der Waals surface area contributed by atoms with Gasteiger partial charge in [0.2, 0.25) is 5.88 Å². The van der Waals surface area contributed by atoms with Crippen LogP contribution in [0.4, 0.5) is 34.1 Å². The van der Waals surface area contributed by atoms with Crippen molar-refractivity contribution in [2.24, 2.45) is 30.7 Å². The van der Waals surface area contributed by atoms with Crippen LogP contribution < -0.4 is 9.47 Å². The molecule has 0 atom stereocenters. The SMILES string of the molecule is CCCCOC.COCCCS(=O)(=O)O.Cc1cc(N=Nc2c(C)c(C#N)c3nc4cc(S(=O)(=O)O)ccc4n3c2O)c(OCCCS(=O)(=O)O)cc1N=Nc1cc(C)c(N=Nc2ccc(SOOO)cc2C(=O)O)cc1OCCCS(=O)(=O)O. The highest BCUT2D eigenvalue weighted by atomic mass is 32.2. The number of fused-ring (bicyclic) bond motifs is 3. The van der Waals surface area contributed by atoms with E-state index in [0.29, 0.717) is 36.2 Å². The minimum Gasteiger partial charge on any atom is -0.493 e. The lowest BCUT2D eigenvalue weighted by Crippen LogP contribution is -2.08. The highest BCUT2D eigenvalue weighted by Crippen LogP contribution is 2.43. The Hall–Kier alpha value is -7.22. The predicted octanol–water partition coefficient (Wildman–Crippen LogP) is 10.3. The molecule has 0 saturated heterocycles. The van der Waals surface area contributed by atoms with Crippen LogP contribution in [0.1, 0.15) is 71.6 Å². The minimum atomic E-state index is -4.62. The Labute approximate surface area is 492 Å². The second kappa shape index (κ2) is 32.3. The third kappa shape index (κ3) is 22.3. The number of aromatic hydroxyl groups is 1. The second-order valence-corrected chi connectivity index (χ2v) is 24.6. The minimum absolute atomic E-state index is 0.00295. The number of nitrogens with zero attached hydrogens (tertiary/aromatic N) is 9. The molecule has 6 aromatic rings. The normalized spacial score (nSPS) is 12.2. The molecule has 85 heavy (non-hydrogen) atoms. The lowest BCUT2D eigenvalue weighted by atomic mass is 10.1. The summed E-state index contributed by atoms with van der Waals surface area (Å²) in [6.07, 6.45) is 2.44. The Morgan fingerprint density at radius 1 is 0.659 bits per heavy atom. The van der Waals surface area contributed by atoms with Crippen molar-refractivity contribution in [2.45, 2.75) is 69.6 Å². The number of benzene rings is 4. The highest BCUT2D eigenvalue weighted by molar-refractivity contribution is 7.94. The van der Waals surface area contributed by atoms with Crippen LogP contribution in [-0.4, -0.2) is 141 Å². The van der Waals surface area contributed by atoms with E-state index in [1.165, 1.54) is 75.4 Å². The smallest absolute Gasteiger partial charge is 0.338 e. The summed E-state index contributed by atoms with van der Waals surface area (Å²) in [6, 6.07) is 15.1. The molecule has 0 amide bonds. The van der Waals surface area contributed by atoms with Crippen LogP contribution in [0, 0.1) is 32.1 Å². The summed E-state index contributed by atoms with van der Waals surface area (Å²) in [5.74, 6) is -3.45. The maximum Gasteiger partial charge on any atom is 0.338 e. The van der Waals surface area contributed by atoms with Gasteiger partial charge in [0, 0.05) is 50.0 Å². The number of azo groups is 3. The van der Waals surface area contributed by atoms with Crippen LogP contribution >= 0.6 is 12.0 Å². The first-order valence-electron chi connectivity index (χ1n) is 24.7. The molecule has 2 heterocycles. The Bertz CT molecular complexity index is 3950. The average Bonchev–Trinajstić information content (AvgIpc) is 1.80. The van der Waals surface area contributed by atoms with Crippen LogP contribution in [0.3, 0.4) is 0 Å². The topological polar surface area (TPSA) is 466 Å². The van der Waals surface area contributed by atoms with E-state index in [0.717, 1.165) is 23.1 Å². The van der Waals surface area contributed by atoms with Gasteiger partial charge in [-0.2, -0.15) is 49.2 Å². The van der Waals surface area contributed by atoms with Gasteiger partial charge in [0.15, 0.2) is 11.3 Å². The molecule has 462 valence electrons. The molecule has 0 unspecified atom stereocenters. The van der Waals surface area contributed by atoms with E-state index >= 15 is 0 Å². The number of nitriles is 1. The van der Waals surface area contributed by atoms with Crippen LogP contribution in [0.15, 0.2) is 101 Å². The van der Waals surface area contributed by atoms with E-state index in [-0.39, 0.29) is 116 Å². The summed E-state index contributed by atoms with van der Waals surface area (Å²) in [4.78, 5) is 16.1. The van der Waals surface area contributed by atoms with Crippen molar-refractivity contribution in [3.63, 3.8) is 0 Å². The highest BCUT2D eigenvalue weighted by Gasteiger charge is 2.23. The molecule has 0 aliphatic rings. The van der Waals surface area contributed by atoms with Gasteiger partial charge in [0.05, 0.1) is 75.4 Å². The summed E-state index contributed by atoms with van der Waals surface area (Å²) < 4.78 is 152. The van der Waals surface area contributed by atoms with Gasteiger partial charge >= 0.3 is 5.97 Å². The van der Waals surface area contributed by atoms with E-state index < -0.39 is 68.7 Å². The van der Waals surface area contributed by atoms with E-state index in [4.69, 9.17) is 24.0 Å². The third-order valence-corrected chi connectivity index (χ3v) is 15.0. The fraction of sp³-hybridized carbons (Fsp3) is 0.367. The Morgan fingerprint density at radius 3 is 1.61 bits per heavy atom. The van der Waals surface area contributed by atoms with Crippen molar-refractivity contribution in [1.82, 2.24) is 9.38 Å². The number of aryl methyl sites for hydroxylation is 2. The first kappa shape index (κ1) is 70.3. The fourth-order valence-corrected chi connectivity index (χ4v) is 9.41. The van der Waals surface area contributed by atoms with E-state index in [1.54, 1.807) is 21.0 Å². The maximum atomic E-state index is 12.0. The molecule has 31 nitrogen and oxygen atoms in total. The second-order valence-electron chi connectivity index (χ2n) is 17.7. The molecular weight excluding hydrogens is 1230 g/mol. The Kier molecular flexibility index (Phi) is 26.7. The summed E-state index contributed by atoms with van der Waals surface area (Å²) in [6.45, 7) is 7.60. The van der Waals surface area contributed by atoms with Crippen molar-refractivity contribution in [3.8, 4) is 23.4 Å². The monoisotopic (exact) mass is 1290 g/mol. The standard InChI is InChI=1S/C40H37N9O17S4.C5H12O.C4H10O4S/c1-21-14-32(35(63-10-4-12-68(54,55)56)18-29(21)44-43-28-8-6-24(67-66-65-53)16-26(28)40(51)52)46-45-30-19-36(64-11-5-13-69(57,58)59)33(15-22(30)2)47-48-37-23(3)27(20-41)38-42-31-17-25(70(60,61)62)7-9-34(31)49(38)39(37)50;1-3-4-5-6-2;1-8-3-2-4-9(5,6)7/h6-9,14-19,50,53H,4-5,10-13H2,1-3H3,(H,51,52)(H,54,55,56)(H,57,58,59)(H,60,61,62);3-5H2,1-2H3;2-4H2,1H3,(H,5,6,7). The number of rotatable bonds is 28. The molecule has 0 radical (unpaired) electrons. The van der Waals surface area contributed by atoms with Gasteiger partial charge in [-0.3, -0.25) is 22.6 Å². The molecule has 0 aliphatic carbocycles. The zero-order valence-electron chi connectivity index (χ0n) is 46.1. The predicted molar refractivity (Wildman–Crippen MR) is 305 cm³/mol. The molecule has 0 fully saturated rings. The number of unbranched alkanes of at least 4 members (excludes halogenated alkanes) is 1. The summed E-state index contributed by atoms with van der Waals surface area (Å²) >= 11 is 0.528. The Morgan fingerprint density at radius 2 is 1.15 bits per heavy atom. The number of carboxylic acid groups (broad SMARTS) is 1. The molecule has 0 spiro atoms. The number of hydrogen-bond acceptors (Lipinski definition) is 26. The number of ether oxygens (including phenoxy) is 4. The number of carboxylic acids is 1. The van der Waals surface area contributed by atoms with Crippen molar-refractivity contribution >= 4 is 109 Å². The van der Waals surface area contributed by atoms with Gasteiger partial charge in [0.25, 0.3) is 40.5 Å². The lowest BCUT2D eigenvalue weighted by molar-refractivity contribution is -0.432. The van der Waals surface area contributed by atoms with E-state index in [1.807, 2.05) is 6.07 Å². The number of imidazole rings is 1. The zero-order valence-corrected chi connectivity index (χ0v) is 50.2. The van der Waals surface area contributed by atoms with E-state index in [9.17, 15) is 67.6 Å². The summed E-state index contributed by atoms with van der Waals surface area (Å²) in [7, 11) is -13.9. The van der Waals surface area contributed by atoms with Crippen molar-refractivity contribution in [3.05, 3.63) is 88.5 Å². The van der Waals surface area contributed by atoms with Gasteiger partial charge < -0.3 is 29.2 Å². The number of pyridine rings is 1. The van der Waals surface area contributed by atoms with Gasteiger partial charge in [-0.25, -0.2) is 15.0 Å². The summed E-state index contributed by atoms with van der Waals surface area (Å²) in [5.41, 5.74) is 0.868. The molecule has 0 saturated carbocycles. The molecule has 4 aromatic carbocycles. The zero-order chi connectivity index (χ0) is 63.3. The first-order chi connectivity index (χ1) is 39.9. The number of aromatic nitrogens is 2. The first-order valence-corrected chi connectivity index (χ1v) is 31.7. The molecule has 6 rings (SSSR count). The van der Waals surface area contributed by atoms with Crippen molar-refractivity contribution < 1.29 is 100 Å². The van der Waals surface area contributed by atoms with Crippen LogP contribution in [0.25, 0.3) is 16.7 Å². The van der Waals surface area contributed by atoms with Gasteiger partial charge in [-0.1, -0.05) is 18.4 Å². The number of aromatic carboxylic acids is 1. The van der Waals surface area contributed by atoms with Crippen LogP contribution in [0.5, 0.6) is 17.4 Å². The van der Waals surface area contributed by atoms with Gasteiger partial charge in [-0.15, -0.1) is 24.8 Å². The largest absolute Gasteiger partial charge is 0.493 e. The molecule has 0 bridgehead atoms. The number of carbonyl (C=O) groups is 1. The van der Waals surface area contributed by atoms with Crippen LogP contribution in [0.2, 0.25) is 0 Å². The van der Waals surface area contributed by atoms with Gasteiger partial charge in [-0.05, 0) is 106 Å². The molecule has 0 aliphatic heterocycles. The Balaban J connectivity index is 0.000000910. The fourth-order valence-electron chi connectivity index (χ4n) is 7.06. The van der Waals surface area contributed by atoms with Crippen LogP contribution in [-0.2, 0) is 59.3 Å². The summed E-state index contributed by atoms with van der Waals surface area (Å²) in [5, 5.41) is 69.0. The molecular formula is C49H59N9O22S5. The number of hydrogen-bond donors (Lipinski definition) is 7. The van der Waals surface area contributed by atoms with Crippen molar-refractivity contribution in [2.75, 3.05) is 57.9 Å². The third-order valence-electron chi connectivity index (χ3n) is 11.2. The maximum absolute atomic E-state index is 12.0. The quantitative estimate of drug-likeness (QED) is 0.00599. The molecule has 2 aromatic heterocycles. The average molecular weight is 1290 g/mol. The van der Waals surface area contributed by atoms with Gasteiger partial charge in [0.1, 0.15) is 40.2 Å². The van der Waals surface area contributed by atoms with Crippen molar-refractivity contribution in [1.29, 1.82) is 5.26 Å². The van der Waals surface area contributed by atoms with E-state index in [2.05, 4.69) is 56.7 Å². The molecule has 7 N–H and O–H groups in total.